The molecule has 0 unspecified atom stereocenters. The number of aromatic nitrogens is 3. The van der Waals surface area contributed by atoms with Crippen LogP contribution in [0.5, 0.6) is 0 Å². The number of rotatable bonds is 9. The van der Waals surface area contributed by atoms with E-state index >= 15 is 0 Å². The molecule has 144 valence electrons. The molecule has 3 N–H and O–H groups in total. The maximum absolute atomic E-state index is 12.5. The van der Waals surface area contributed by atoms with E-state index in [0.717, 1.165) is 17.1 Å². The molecule has 0 aliphatic carbocycles. The van der Waals surface area contributed by atoms with Crippen LogP contribution in [0.1, 0.15) is 31.5 Å². The summed E-state index contributed by atoms with van der Waals surface area (Å²) in [6.07, 6.45) is 0.866. The number of aromatic amines is 1. The number of nitrogens with two attached hydrogens (primary N) is 1. The predicted molar refractivity (Wildman–Crippen MR) is 105 cm³/mol. The number of H-pyrrole nitrogens is 1. The smallest absolute Gasteiger partial charge is 0.330 e. The third-order valence-electron chi connectivity index (χ3n) is 3.90. The highest BCUT2D eigenvalue weighted by Crippen LogP contribution is 2.21. The van der Waals surface area contributed by atoms with E-state index in [1.807, 2.05) is 24.1 Å². The summed E-state index contributed by atoms with van der Waals surface area (Å²) in [5.41, 5.74) is 6.40. The van der Waals surface area contributed by atoms with Gasteiger partial charge >= 0.3 is 5.69 Å². The zero-order valence-corrected chi connectivity index (χ0v) is 16.6. The van der Waals surface area contributed by atoms with Crippen molar-refractivity contribution >= 4 is 22.8 Å². The first kappa shape index (κ1) is 20.2. The number of nitrogens with zero attached hydrogens (tertiary/aromatic N) is 3. The standard InChI is InChI=1S/C17H27N5O3S/c1-5-13-19-12(10-26-13)9-21(6-7-25-4)14-15(18)22(8-11(2)3)17(24)20-16(14)23/h10-11H,5-9,18H2,1-4H3,(H,20,23,24). The van der Waals surface area contributed by atoms with Crippen molar-refractivity contribution < 1.29 is 4.74 Å². The zero-order chi connectivity index (χ0) is 19.3. The zero-order valence-electron chi connectivity index (χ0n) is 15.7. The van der Waals surface area contributed by atoms with Crippen LogP contribution in [0.25, 0.3) is 0 Å². The van der Waals surface area contributed by atoms with Crippen molar-refractivity contribution in [3.8, 4) is 0 Å². The quantitative estimate of drug-likeness (QED) is 0.681. The lowest BCUT2D eigenvalue weighted by Gasteiger charge is -2.25. The molecule has 8 nitrogen and oxygen atoms in total. The van der Waals surface area contributed by atoms with E-state index in [1.54, 1.807) is 18.4 Å². The van der Waals surface area contributed by atoms with E-state index in [-0.39, 0.29) is 17.4 Å². The molecule has 0 aliphatic rings. The van der Waals surface area contributed by atoms with Gasteiger partial charge in [0.05, 0.1) is 23.9 Å². The van der Waals surface area contributed by atoms with Gasteiger partial charge < -0.3 is 15.4 Å². The second-order valence-electron chi connectivity index (χ2n) is 6.50. The number of nitrogens with one attached hydrogen (secondary N) is 1. The van der Waals surface area contributed by atoms with E-state index in [1.165, 1.54) is 4.57 Å². The first-order valence-corrected chi connectivity index (χ1v) is 9.55. The van der Waals surface area contributed by atoms with Crippen LogP contribution in [0.3, 0.4) is 0 Å². The van der Waals surface area contributed by atoms with E-state index in [9.17, 15) is 9.59 Å². The molecular weight excluding hydrogens is 354 g/mol. The average Bonchev–Trinajstić information content (AvgIpc) is 3.03. The van der Waals surface area contributed by atoms with Gasteiger partial charge in [-0.2, -0.15) is 0 Å². The molecule has 0 fully saturated rings. The fourth-order valence-corrected chi connectivity index (χ4v) is 3.42. The molecular formula is C17H27N5O3S. The Bertz CT molecular complexity index is 840. The van der Waals surface area contributed by atoms with E-state index in [4.69, 9.17) is 10.5 Å². The fraction of sp³-hybridized carbons (Fsp3) is 0.588. The molecule has 26 heavy (non-hydrogen) atoms. The molecule has 0 spiro atoms. The number of hydrogen-bond acceptors (Lipinski definition) is 7. The van der Waals surface area contributed by atoms with Gasteiger partial charge in [0, 0.05) is 25.6 Å². The Morgan fingerprint density at radius 1 is 1.42 bits per heavy atom. The lowest BCUT2D eigenvalue weighted by molar-refractivity contribution is 0.205. The summed E-state index contributed by atoms with van der Waals surface area (Å²) in [6, 6.07) is 0. The number of thiazole rings is 1. The van der Waals surface area contributed by atoms with Gasteiger partial charge in [0.2, 0.25) is 0 Å². The normalized spacial score (nSPS) is 11.3. The Morgan fingerprint density at radius 3 is 2.73 bits per heavy atom. The largest absolute Gasteiger partial charge is 0.383 e. The lowest BCUT2D eigenvalue weighted by atomic mass is 10.2. The molecule has 0 saturated carbocycles. The SMILES string of the molecule is CCc1nc(CN(CCOC)c2c(N)n(CC(C)C)c(=O)[nH]c2=O)cs1. The molecule has 0 bridgehead atoms. The van der Waals surface area contributed by atoms with Crippen molar-refractivity contribution in [2.45, 2.75) is 40.3 Å². The summed E-state index contributed by atoms with van der Waals surface area (Å²) in [7, 11) is 1.60. The third kappa shape index (κ3) is 4.73. The summed E-state index contributed by atoms with van der Waals surface area (Å²) in [6.45, 7) is 7.77. The number of anilines is 2. The molecule has 0 amide bonds. The minimum absolute atomic E-state index is 0.175. The van der Waals surface area contributed by atoms with Gasteiger partial charge in [0.1, 0.15) is 11.5 Å². The number of methoxy groups -OCH3 is 1. The topological polar surface area (TPSA) is 106 Å². The monoisotopic (exact) mass is 381 g/mol. The molecule has 0 saturated heterocycles. The van der Waals surface area contributed by atoms with Crippen LogP contribution in [-0.4, -0.2) is 34.8 Å². The van der Waals surface area contributed by atoms with Gasteiger partial charge in [-0.15, -0.1) is 11.3 Å². The van der Waals surface area contributed by atoms with Crippen molar-refractivity contribution in [3.63, 3.8) is 0 Å². The minimum Gasteiger partial charge on any atom is -0.383 e. The summed E-state index contributed by atoms with van der Waals surface area (Å²) in [5, 5.41) is 3.02. The summed E-state index contributed by atoms with van der Waals surface area (Å²) in [4.78, 5) is 33.4. The number of nitrogen functional groups attached to an aromatic ring is 1. The third-order valence-corrected chi connectivity index (χ3v) is 4.94. The van der Waals surface area contributed by atoms with Crippen molar-refractivity contribution in [1.29, 1.82) is 0 Å². The molecule has 2 aromatic heterocycles. The lowest BCUT2D eigenvalue weighted by Crippen LogP contribution is -2.40. The summed E-state index contributed by atoms with van der Waals surface area (Å²) < 4.78 is 6.59. The van der Waals surface area contributed by atoms with Crippen molar-refractivity contribution in [2.75, 3.05) is 30.9 Å². The van der Waals surface area contributed by atoms with Gasteiger partial charge in [0.25, 0.3) is 5.56 Å². The van der Waals surface area contributed by atoms with E-state index < -0.39 is 11.2 Å². The van der Waals surface area contributed by atoms with Crippen LogP contribution >= 0.6 is 11.3 Å². The second kappa shape index (κ2) is 9.00. The van der Waals surface area contributed by atoms with Crippen LogP contribution in [0.2, 0.25) is 0 Å². The highest BCUT2D eigenvalue weighted by Gasteiger charge is 2.20. The number of hydrogen-bond donors (Lipinski definition) is 2. The number of aryl methyl sites for hydroxylation is 1. The molecule has 0 radical (unpaired) electrons. The highest BCUT2D eigenvalue weighted by molar-refractivity contribution is 7.09. The Kier molecular flexibility index (Phi) is 6.98. The van der Waals surface area contributed by atoms with Crippen molar-refractivity contribution in [1.82, 2.24) is 14.5 Å². The maximum Gasteiger partial charge on any atom is 0.330 e. The maximum atomic E-state index is 12.5. The highest BCUT2D eigenvalue weighted by atomic mass is 32.1. The van der Waals surface area contributed by atoms with Gasteiger partial charge in [-0.3, -0.25) is 14.3 Å². The van der Waals surface area contributed by atoms with Crippen LogP contribution in [0.4, 0.5) is 11.5 Å². The Hall–Kier alpha value is -2.13. The van der Waals surface area contributed by atoms with Crippen LogP contribution in [-0.2, 0) is 24.2 Å². The first-order chi connectivity index (χ1) is 12.4. The Labute approximate surface area is 156 Å². The van der Waals surface area contributed by atoms with Crippen molar-refractivity contribution in [3.05, 3.63) is 36.9 Å². The number of ether oxygens (including phenoxy) is 1. The minimum atomic E-state index is -0.491. The second-order valence-corrected chi connectivity index (χ2v) is 7.44. The van der Waals surface area contributed by atoms with Gasteiger partial charge in [-0.25, -0.2) is 9.78 Å². The Balaban J connectivity index is 2.46. The van der Waals surface area contributed by atoms with Crippen molar-refractivity contribution in [2.24, 2.45) is 5.92 Å². The molecule has 0 aliphatic heterocycles. The summed E-state index contributed by atoms with van der Waals surface area (Å²) >= 11 is 1.59. The first-order valence-electron chi connectivity index (χ1n) is 8.67. The van der Waals surface area contributed by atoms with Gasteiger partial charge in [-0.1, -0.05) is 20.8 Å². The molecule has 0 atom stereocenters. The fourth-order valence-electron chi connectivity index (χ4n) is 2.68. The average molecular weight is 382 g/mol. The Morgan fingerprint density at radius 2 is 2.15 bits per heavy atom. The molecule has 2 rings (SSSR count). The van der Waals surface area contributed by atoms with Gasteiger partial charge in [-0.05, 0) is 12.3 Å². The van der Waals surface area contributed by atoms with Crippen LogP contribution in [0, 0.1) is 5.92 Å². The molecule has 2 heterocycles. The predicted octanol–water partition coefficient (Wildman–Crippen LogP) is 1.45. The molecule has 2 aromatic rings. The van der Waals surface area contributed by atoms with Crippen LogP contribution < -0.4 is 21.9 Å². The van der Waals surface area contributed by atoms with E-state index in [2.05, 4.69) is 16.9 Å². The summed E-state index contributed by atoms with van der Waals surface area (Å²) in [5.74, 6) is 0.390. The van der Waals surface area contributed by atoms with E-state index in [0.29, 0.717) is 26.2 Å². The van der Waals surface area contributed by atoms with Crippen LogP contribution in [0.15, 0.2) is 15.0 Å². The molecule has 0 aromatic carbocycles. The van der Waals surface area contributed by atoms with Gasteiger partial charge in [0.15, 0.2) is 0 Å². The molecule has 9 heteroatoms.